The molecule has 2 aromatic carbocycles. The number of carbonyl (C=O) groups is 3. The van der Waals surface area contributed by atoms with Gasteiger partial charge in [0.1, 0.15) is 18.7 Å². The Kier molecular flexibility index (Phi) is 7.16. The lowest BCUT2D eigenvalue weighted by molar-refractivity contribution is -0.149. The molecule has 180 valence electrons. The molecule has 7 nitrogen and oxygen atoms in total. The van der Waals surface area contributed by atoms with E-state index in [9.17, 15) is 19.5 Å². The van der Waals surface area contributed by atoms with Crippen molar-refractivity contribution in [3.8, 4) is 11.1 Å². The molecule has 1 heterocycles. The maximum absolute atomic E-state index is 13.3. The van der Waals surface area contributed by atoms with Gasteiger partial charge >= 0.3 is 12.1 Å². The Morgan fingerprint density at radius 2 is 1.68 bits per heavy atom. The van der Waals surface area contributed by atoms with E-state index in [0.717, 1.165) is 22.3 Å². The van der Waals surface area contributed by atoms with Crippen molar-refractivity contribution in [2.75, 3.05) is 12.4 Å². The molecule has 0 aromatic heterocycles. The van der Waals surface area contributed by atoms with Gasteiger partial charge in [-0.25, -0.2) is 9.59 Å². The van der Waals surface area contributed by atoms with Gasteiger partial charge in [-0.15, -0.1) is 11.8 Å². The first-order chi connectivity index (χ1) is 16.3. The van der Waals surface area contributed by atoms with E-state index in [-0.39, 0.29) is 29.7 Å². The van der Waals surface area contributed by atoms with Crippen LogP contribution in [-0.2, 0) is 14.3 Å². The van der Waals surface area contributed by atoms with E-state index in [1.54, 1.807) is 0 Å². The van der Waals surface area contributed by atoms with Gasteiger partial charge in [0.15, 0.2) is 0 Å². The number of carboxylic acids is 1. The van der Waals surface area contributed by atoms with Crippen LogP contribution in [0.4, 0.5) is 4.79 Å². The number of nitrogens with one attached hydrogen (secondary N) is 1. The van der Waals surface area contributed by atoms with Crippen molar-refractivity contribution < 1.29 is 24.2 Å². The Labute approximate surface area is 203 Å². The van der Waals surface area contributed by atoms with E-state index in [2.05, 4.69) is 17.4 Å². The van der Waals surface area contributed by atoms with E-state index in [4.69, 9.17) is 4.74 Å². The van der Waals surface area contributed by atoms with Crippen LogP contribution in [0.3, 0.4) is 0 Å². The quantitative estimate of drug-likeness (QED) is 0.610. The van der Waals surface area contributed by atoms with Gasteiger partial charge in [0.2, 0.25) is 5.91 Å². The average molecular weight is 483 g/mol. The zero-order valence-corrected chi connectivity index (χ0v) is 20.4. The summed E-state index contributed by atoms with van der Waals surface area (Å²) in [6, 6.07) is 14.4. The smallest absolute Gasteiger partial charge is 0.407 e. The number of carboxylic acid groups (broad SMARTS) is 1. The van der Waals surface area contributed by atoms with Crippen LogP contribution in [0.15, 0.2) is 48.5 Å². The number of rotatable bonds is 7. The number of thioether (sulfide) groups is 1. The molecule has 4 rings (SSSR count). The first kappa shape index (κ1) is 24.1. The molecule has 3 atom stereocenters. The zero-order chi connectivity index (χ0) is 24.4. The standard InChI is InChI=1S/C26H30N2O5S/c1-15(2)12-22(24(29)28-16(3)34-14-23(28)25(30)31)27-26(32)33-13-21-19-10-6-4-8-17(19)18-9-5-7-11-20(18)21/h4-11,15-16,21-23H,12-14H2,1-3H3,(H,27,32)(H,30,31)/t16?,22-,23?/m0/s1. The summed E-state index contributed by atoms with van der Waals surface area (Å²) in [5.74, 6) is -1.04. The Bertz CT molecular complexity index is 1040. The monoisotopic (exact) mass is 482 g/mol. The largest absolute Gasteiger partial charge is 0.480 e. The third-order valence-corrected chi connectivity index (χ3v) is 7.62. The lowest BCUT2D eigenvalue weighted by Crippen LogP contribution is -2.54. The van der Waals surface area contributed by atoms with Crippen molar-refractivity contribution in [3.63, 3.8) is 0 Å². The molecule has 0 saturated carbocycles. The summed E-state index contributed by atoms with van der Waals surface area (Å²) in [4.78, 5) is 39.2. The van der Waals surface area contributed by atoms with Crippen molar-refractivity contribution in [2.24, 2.45) is 5.92 Å². The summed E-state index contributed by atoms with van der Waals surface area (Å²) in [6.07, 6.45) is -0.282. The number of hydrogen-bond donors (Lipinski definition) is 2. The Balaban J connectivity index is 1.46. The zero-order valence-electron chi connectivity index (χ0n) is 19.6. The molecule has 0 bridgehead atoms. The van der Waals surface area contributed by atoms with E-state index in [1.165, 1.54) is 16.7 Å². The summed E-state index contributed by atoms with van der Waals surface area (Å²) in [5, 5.41) is 12.0. The van der Waals surface area contributed by atoms with E-state index in [1.807, 2.05) is 57.2 Å². The minimum atomic E-state index is -1.03. The third-order valence-electron chi connectivity index (χ3n) is 6.40. The highest BCUT2D eigenvalue weighted by atomic mass is 32.2. The number of carbonyl (C=O) groups excluding carboxylic acids is 2. The average Bonchev–Trinajstić information content (AvgIpc) is 3.34. The summed E-state index contributed by atoms with van der Waals surface area (Å²) >= 11 is 1.42. The highest BCUT2D eigenvalue weighted by molar-refractivity contribution is 8.00. The summed E-state index contributed by atoms with van der Waals surface area (Å²) in [6.45, 7) is 5.87. The molecule has 1 saturated heterocycles. The number of fused-ring (bicyclic) bond motifs is 3. The highest BCUT2D eigenvalue weighted by Crippen LogP contribution is 2.44. The van der Waals surface area contributed by atoms with Gasteiger partial charge in [0.25, 0.3) is 0 Å². The van der Waals surface area contributed by atoms with Gasteiger partial charge < -0.3 is 20.1 Å². The van der Waals surface area contributed by atoms with Crippen LogP contribution >= 0.6 is 11.8 Å². The molecule has 34 heavy (non-hydrogen) atoms. The number of hydrogen-bond acceptors (Lipinski definition) is 5. The second-order valence-corrected chi connectivity index (χ2v) is 10.5. The number of ether oxygens (including phenoxy) is 1. The normalized spacial score (nSPS) is 20.1. The second-order valence-electron chi connectivity index (χ2n) is 9.18. The van der Waals surface area contributed by atoms with Crippen molar-refractivity contribution in [2.45, 2.75) is 50.6 Å². The fourth-order valence-corrected chi connectivity index (χ4v) is 6.00. The van der Waals surface area contributed by atoms with Gasteiger partial charge in [-0.3, -0.25) is 4.79 Å². The Morgan fingerprint density at radius 1 is 1.09 bits per heavy atom. The maximum atomic E-state index is 13.3. The van der Waals surface area contributed by atoms with Crippen LogP contribution in [0.5, 0.6) is 0 Å². The van der Waals surface area contributed by atoms with Crippen LogP contribution < -0.4 is 5.32 Å². The number of nitrogens with zero attached hydrogens (tertiary/aromatic N) is 1. The van der Waals surface area contributed by atoms with Crippen molar-refractivity contribution in [3.05, 3.63) is 59.7 Å². The van der Waals surface area contributed by atoms with Gasteiger partial charge in [0, 0.05) is 11.7 Å². The predicted molar refractivity (Wildman–Crippen MR) is 132 cm³/mol. The topological polar surface area (TPSA) is 95.9 Å². The van der Waals surface area contributed by atoms with E-state index >= 15 is 0 Å². The molecule has 0 radical (unpaired) electrons. The van der Waals surface area contributed by atoms with Crippen molar-refractivity contribution in [1.82, 2.24) is 10.2 Å². The Hall–Kier alpha value is -3.00. The lowest BCUT2D eigenvalue weighted by Gasteiger charge is -2.30. The van der Waals surface area contributed by atoms with Gasteiger partial charge in [-0.05, 0) is 41.5 Å². The number of amides is 2. The molecule has 1 fully saturated rings. The van der Waals surface area contributed by atoms with Crippen LogP contribution in [0.2, 0.25) is 0 Å². The molecule has 2 N–H and O–H groups in total. The number of benzene rings is 2. The van der Waals surface area contributed by atoms with Crippen LogP contribution in [0.1, 0.15) is 44.2 Å². The lowest BCUT2D eigenvalue weighted by atomic mass is 9.98. The molecule has 0 spiro atoms. The molecule has 1 aliphatic heterocycles. The van der Waals surface area contributed by atoms with Gasteiger partial charge in [-0.1, -0.05) is 62.4 Å². The van der Waals surface area contributed by atoms with E-state index < -0.39 is 24.1 Å². The first-order valence-corrected chi connectivity index (χ1v) is 12.6. The van der Waals surface area contributed by atoms with Crippen LogP contribution in [0, 0.1) is 5.92 Å². The molecule has 1 aliphatic carbocycles. The third kappa shape index (κ3) is 4.78. The molecular weight excluding hydrogens is 452 g/mol. The van der Waals surface area contributed by atoms with Crippen LogP contribution in [0.25, 0.3) is 11.1 Å². The summed E-state index contributed by atoms with van der Waals surface area (Å²) < 4.78 is 5.62. The Morgan fingerprint density at radius 3 is 2.24 bits per heavy atom. The number of alkyl carbamates (subject to hydrolysis) is 1. The molecular formula is C26H30N2O5S. The number of aliphatic carboxylic acids is 1. The summed E-state index contributed by atoms with van der Waals surface area (Å²) in [5.41, 5.74) is 4.50. The van der Waals surface area contributed by atoms with E-state index in [0.29, 0.717) is 12.2 Å². The first-order valence-electron chi connectivity index (χ1n) is 11.6. The fraction of sp³-hybridized carbons (Fsp3) is 0.423. The summed E-state index contributed by atoms with van der Waals surface area (Å²) in [7, 11) is 0. The minimum absolute atomic E-state index is 0.0798. The maximum Gasteiger partial charge on any atom is 0.407 e. The molecule has 2 unspecified atom stereocenters. The molecule has 2 aliphatic rings. The molecule has 2 amide bonds. The van der Waals surface area contributed by atoms with Gasteiger partial charge in [-0.2, -0.15) is 0 Å². The molecule has 2 aromatic rings. The second kappa shape index (κ2) is 10.1. The SMILES string of the molecule is CC(C)C[C@H](NC(=O)OCC1c2ccccc2-c2ccccc21)C(=O)N1C(C)SCC1C(=O)O. The minimum Gasteiger partial charge on any atom is -0.480 e. The van der Waals surface area contributed by atoms with Crippen molar-refractivity contribution >= 4 is 29.7 Å². The predicted octanol–water partition coefficient (Wildman–Crippen LogP) is 4.31. The fourth-order valence-electron chi connectivity index (χ4n) is 4.82. The van der Waals surface area contributed by atoms with Crippen LogP contribution in [-0.4, -0.2) is 57.8 Å². The van der Waals surface area contributed by atoms with Gasteiger partial charge in [0.05, 0.1) is 5.37 Å². The van der Waals surface area contributed by atoms with Crippen molar-refractivity contribution in [1.29, 1.82) is 0 Å². The molecule has 8 heteroatoms. The highest BCUT2D eigenvalue weighted by Gasteiger charge is 2.42.